The van der Waals surface area contributed by atoms with E-state index in [1.807, 2.05) is 0 Å². The molecule has 0 saturated carbocycles. The topological polar surface area (TPSA) is 82.3 Å². The predicted octanol–water partition coefficient (Wildman–Crippen LogP) is 1.38. The van der Waals surface area contributed by atoms with E-state index in [4.69, 9.17) is 0 Å². The van der Waals surface area contributed by atoms with Crippen LogP contribution in [-0.2, 0) is 4.79 Å². The standard InChI is InChI=1S/C14H20N4O2/c1-15-14(20)18-12-6-4-11(5-7-12)17-13(19)10-3-2-8-16-9-10/h4-7,10,16H,2-3,8-9H2,1H3,(H,17,19)(H2,15,18,20)/t10-/m1/s1. The number of benzene rings is 1. The maximum absolute atomic E-state index is 12.0. The first-order valence-electron chi connectivity index (χ1n) is 6.79. The van der Waals surface area contributed by atoms with Crippen LogP contribution in [0.1, 0.15) is 12.8 Å². The second-order valence-electron chi connectivity index (χ2n) is 4.81. The van der Waals surface area contributed by atoms with Gasteiger partial charge < -0.3 is 21.3 Å². The van der Waals surface area contributed by atoms with Crippen molar-refractivity contribution in [1.82, 2.24) is 10.6 Å². The van der Waals surface area contributed by atoms with E-state index in [1.165, 1.54) is 0 Å². The van der Waals surface area contributed by atoms with Crippen LogP contribution in [0.2, 0.25) is 0 Å². The van der Waals surface area contributed by atoms with Crippen molar-refractivity contribution in [2.45, 2.75) is 12.8 Å². The maximum atomic E-state index is 12.0. The molecule has 0 aromatic heterocycles. The number of anilines is 2. The van der Waals surface area contributed by atoms with Gasteiger partial charge in [0, 0.05) is 25.0 Å². The summed E-state index contributed by atoms with van der Waals surface area (Å²) in [7, 11) is 1.56. The largest absolute Gasteiger partial charge is 0.341 e. The van der Waals surface area contributed by atoms with Crippen molar-refractivity contribution < 1.29 is 9.59 Å². The van der Waals surface area contributed by atoms with Crippen molar-refractivity contribution in [3.63, 3.8) is 0 Å². The molecular formula is C14H20N4O2. The molecule has 0 unspecified atom stereocenters. The Morgan fingerprint density at radius 3 is 2.35 bits per heavy atom. The van der Waals surface area contributed by atoms with E-state index in [9.17, 15) is 9.59 Å². The van der Waals surface area contributed by atoms with Crippen LogP contribution < -0.4 is 21.3 Å². The lowest BCUT2D eigenvalue weighted by Crippen LogP contribution is -2.37. The van der Waals surface area contributed by atoms with Gasteiger partial charge in [-0.25, -0.2) is 4.79 Å². The van der Waals surface area contributed by atoms with Crippen molar-refractivity contribution in [3.05, 3.63) is 24.3 Å². The maximum Gasteiger partial charge on any atom is 0.318 e. The fourth-order valence-electron chi connectivity index (χ4n) is 2.15. The highest BCUT2D eigenvalue weighted by Gasteiger charge is 2.20. The summed E-state index contributed by atoms with van der Waals surface area (Å²) >= 11 is 0. The van der Waals surface area contributed by atoms with E-state index >= 15 is 0 Å². The average molecular weight is 276 g/mol. The number of carbonyl (C=O) groups excluding carboxylic acids is 2. The molecule has 1 heterocycles. The van der Waals surface area contributed by atoms with Crippen LogP contribution in [0.15, 0.2) is 24.3 Å². The van der Waals surface area contributed by atoms with Gasteiger partial charge >= 0.3 is 6.03 Å². The first kappa shape index (κ1) is 14.3. The Hall–Kier alpha value is -2.08. The number of hydrogen-bond donors (Lipinski definition) is 4. The molecule has 0 radical (unpaired) electrons. The summed E-state index contributed by atoms with van der Waals surface area (Å²) in [6.07, 6.45) is 1.96. The number of rotatable bonds is 3. The number of hydrogen-bond acceptors (Lipinski definition) is 3. The third-order valence-corrected chi connectivity index (χ3v) is 3.31. The second kappa shape index (κ2) is 6.91. The van der Waals surface area contributed by atoms with E-state index < -0.39 is 0 Å². The first-order valence-corrected chi connectivity index (χ1v) is 6.79. The lowest BCUT2D eigenvalue weighted by atomic mass is 9.99. The monoisotopic (exact) mass is 276 g/mol. The minimum Gasteiger partial charge on any atom is -0.341 e. The summed E-state index contributed by atoms with van der Waals surface area (Å²) in [4.78, 5) is 23.2. The fraction of sp³-hybridized carbons (Fsp3) is 0.429. The SMILES string of the molecule is CNC(=O)Nc1ccc(NC(=O)[C@@H]2CCCNC2)cc1. The van der Waals surface area contributed by atoms with Crippen LogP contribution in [0.5, 0.6) is 0 Å². The molecule has 1 aliphatic rings. The van der Waals surface area contributed by atoms with Crippen molar-refractivity contribution in [2.75, 3.05) is 30.8 Å². The zero-order valence-corrected chi connectivity index (χ0v) is 11.5. The first-order chi connectivity index (χ1) is 9.69. The summed E-state index contributed by atoms with van der Waals surface area (Å²) < 4.78 is 0. The van der Waals surface area contributed by atoms with Gasteiger partial charge in [0.2, 0.25) is 5.91 Å². The molecule has 6 heteroatoms. The summed E-state index contributed by atoms with van der Waals surface area (Å²) in [5.41, 5.74) is 1.42. The Kier molecular flexibility index (Phi) is 4.95. The molecule has 1 aliphatic heterocycles. The van der Waals surface area contributed by atoms with Gasteiger partial charge in [0.05, 0.1) is 5.92 Å². The normalized spacial score (nSPS) is 18.1. The van der Waals surface area contributed by atoms with Crippen LogP contribution in [0.25, 0.3) is 0 Å². The van der Waals surface area contributed by atoms with Crippen molar-refractivity contribution in [1.29, 1.82) is 0 Å². The Bertz CT molecular complexity index is 467. The van der Waals surface area contributed by atoms with Crippen LogP contribution in [-0.4, -0.2) is 32.1 Å². The van der Waals surface area contributed by atoms with E-state index in [-0.39, 0.29) is 17.9 Å². The molecule has 3 amide bonds. The van der Waals surface area contributed by atoms with Crippen LogP contribution >= 0.6 is 0 Å². The Morgan fingerprint density at radius 1 is 1.15 bits per heavy atom. The molecule has 20 heavy (non-hydrogen) atoms. The summed E-state index contributed by atoms with van der Waals surface area (Å²) in [6.45, 7) is 1.73. The smallest absolute Gasteiger partial charge is 0.318 e. The van der Waals surface area contributed by atoms with E-state index in [0.717, 1.165) is 31.6 Å². The van der Waals surface area contributed by atoms with Gasteiger partial charge in [-0.2, -0.15) is 0 Å². The van der Waals surface area contributed by atoms with Gasteiger partial charge in [0.1, 0.15) is 0 Å². The minimum atomic E-state index is -0.268. The molecule has 0 spiro atoms. The van der Waals surface area contributed by atoms with Crippen LogP contribution in [0, 0.1) is 5.92 Å². The van der Waals surface area contributed by atoms with Gasteiger partial charge in [0.15, 0.2) is 0 Å². The number of piperidine rings is 1. The number of amides is 3. The van der Waals surface area contributed by atoms with Crippen LogP contribution in [0.4, 0.5) is 16.2 Å². The fourth-order valence-corrected chi connectivity index (χ4v) is 2.15. The molecule has 4 N–H and O–H groups in total. The van der Waals surface area contributed by atoms with Crippen molar-refractivity contribution >= 4 is 23.3 Å². The second-order valence-corrected chi connectivity index (χ2v) is 4.81. The number of carbonyl (C=O) groups is 2. The van der Waals surface area contributed by atoms with E-state index in [2.05, 4.69) is 21.3 Å². The molecular weight excluding hydrogens is 256 g/mol. The summed E-state index contributed by atoms with van der Waals surface area (Å²) in [5.74, 6) is 0.0802. The third-order valence-electron chi connectivity index (χ3n) is 3.31. The highest BCUT2D eigenvalue weighted by Crippen LogP contribution is 2.16. The lowest BCUT2D eigenvalue weighted by Gasteiger charge is -2.21. The highest BCUT2D eigenvalue weighted by molar-refractivity contribution is 5.93. The third kappa shape index (κ3) is 3.96. The van der Waals surface area contributed by atoms with Gasteiger partial charge in [0.25, 0.3) is 0 Å². The van der Waals surface area contributed by atoms with Gasteiger partial charge in [-0.3, -0.25) is 4.79 Å². The van der Waals surface area contributed by atoms with Gasteiger partial charge in [-0.05, 0) is 43.7 Å². The summed E-state index contributed by atoms with van der Waals surface area (Å²) in [6, 6.07) is 6.79. The average Bonchev–Trinajstić information content (AvgIpc) is 2.50. The van der Waals surface area contributed by atoms with Crippen LogP contribution in [0.3, 0.4) is 0 Å². The number of urea groups is 1. The molecule has 1 aromatic carbocycles. The Labute approximate surface area is 118 Å². The Morgan fingerprint density at radius 2 is 1.80 bits per heavy atom. The lowest BCUT2D eigenvalue weighted by molar-refractivity contribution is -0.120. The molecule has 1 fully saturated rings. The zero-order chi connectivity index (χ0) is 14.4. The summed E-state index contributed by atoms with van der Waals surface area (Å²) in [5, 5.41) is 11.3. The molecule has 1 saturated heterocycles. The highest BCUT2D eigenvalue weighted by atomic mass is 16.2. The van der Waals surface area contributed by atoms with Crippen molar-refractivity contribution in [2.24, 2.45) is 5.92 Å². The predicted molar refractivity (Wildman–Crippen MR) is 78.7 cm³/mol. The quantitative estimate of drug-likeness (QED) is 0.673. The van der Waals surface area contributed by atoms with Gasteiger partial charge in [-0.1, -0.05) is 0 Å². The van der Waals surface area contributed by atoms with E-state index in [0.29, 0.717) is 5.69 Å². The zero-order valence-electron chi connectivity index (χ0n) is 11.5. The number of nitrogens with one attached hydrogen (secondary N) is 4. The molecule has 0 bridgehead atoms. The van der Waals surface area contributed by atoms with Crippen molar-refractivity contribution in [3.8, 4) is 0 Å². The molecule has 108 valence electrons. The molecule has 2 rings (SSSR count). The van der Waals surface area contributed by atoms with Gasteiger partial charge in [-0.15, -0.1) is 0 Å². The molecule has 6 nitrogen and oxygen atoms in total. The van der Waals surface area contributed by atoms with E-state index in [1.54, 1.807) is 31.3 Å². The molecule has 1 aromatic rings. The molecule has 1 atom stereocenters. The minimum absolute atomic E-state index is 0.0346. The Balaban J connectivity index is 1.89. The molecule has 0 aliphatic carbocycles.